The molecule has 0 radical (unpaired) electrons. The summed E-state index contributed by atoms with van der Waals surface area (Å²) in [7, 11) is 0. The molecule has 0 aliphatic heterocycles. The largest absolute Gasteiger partial charge is 0.307 e. The van der Waals surface area contributed by atoms with Crippen molar-refractivity contribution in [1.82, 2.24) is 5.32 Å². The number of thioether (sulfide) groups is 1. The first-order valence-electron chi connectivity index (χ1n) is 5.64. The molecule has 0 fully saturated rings. The molecule has 82 valence electrons. The molecule has 2 rings (SSSR count). The fourth-order valence-corrected chi connectivity index (χ4v) is 2.97. The summed E-state index contributed by atoms with van der Waals surface area (Å²) in [4.78, 5) is 0. The molecule has 0 saturated heterocycles. The highest BCUT2D eigenvalue weighted by molar-refractivity contribution is 7.98. The maximum Gasteiger partial charge on any atom is 0.0328 e. The molecule has 0 bridgehead atoms. The quantitative estimate of drug-likeness (QED) is 0.839. The van der Waals surface area contributed by atoms with Crippen LogP contribution in [-0.2, 0) is 6.42 Å². The Morgan fingerprint density at radius 3 is 3.07 bits per heavy atom. The Hall–Kier alpha value is -0.470. The molecular weight excluding hydrogens is 202 g/mol. The highest BCUT2D eigenvalue weighted by atomic mass is 32.2. The van der Waals surface area contributed by atoms with E-state index in [-0.39, 0.29) is 0 Å². The van der Waals surface area contributed by atoms with Crippen LogP contribution in [-0.4, -0.2) is 18.1 Å². The summed E-state index contributed by atoms with van der Waals surface area (Å²) in [5, 5.41) is 3.72. The Morgan fingerprint density at radius 2 is 2.27 bits per heavy atom. The smallest absolute Gasteiger partial charge is 0.0328 e. The summed E-state index contributed by atoms with van der Waals surface area (Å²) in [5.41, 5.74) is 3.05. The third-order valence-corrected chi connectivity index (χ3v) is 3.87. The van der Waals surface area contributed by atoms with Crippen molar-refractivity contribution in [2.45, 2.75) is 31.8 Å². The predicted molar refractivity (Wildman–Crippen MR) is 68.5 cm³/mol. The second-order valence-corrected chi connectivity index (χ2v) is 5.22. The minimum Gasteiger partial charge on any atom is -0.307 e. The van der Waals surface area contributed by atoms with Crippen LogP contribution in [0.2, 0.25) is 0 Å². The lowest BCUT2D eigenvalue weighted by atomic mass is 10.1. The van der Waals surface area contributed by atoms with Crippen LogP contribution < -0.4 is 5.32 Å². The van der Waals surface area contributed by atoms with Crippen molar-refractivity contribution in [3.63, 3.8) is 0 Å². The molecule has 2 atom stereocenters. The summed E-state index contributed by atoms with van der Waals surface area (Å²) < 4.78 is 0. The molecule has 2 unspecified atom stereocenters. The van der Waals surface area contributed by atoms with Crippen LogP contribution >= 0.6 is 11.8 Å². The summed E-state index contributed by atoms with van der Waals surface area (Å²) in [6.07, 6.45) is 4.67. The molecule has 1 aromatic rings. The van der Waals surface area contributed by atoms with Crippen molar-refractivity contribution in [1.29, 1.82) is 0 Å². The van der Waals surface area contributed by atoms with E-state index in [0.717, 1.165) is 0 Å². The first-order chi connectivity index (χ1) is 7.31. The molecule has 0 aromatic heterocycles. The fraction of sp³-hybridized carbons (Fsp3) is 0.538. The third-order valence-electron chi connectivity index (χ3n) is 3.04. The summed E-state index contributed by atoms with van der Waals surface area (Å²) in [6, 6.07) is 10.0. The zero-order valence-electron chi connectivity index (χ0n) is 9.49. The van der Waals surface area contributed by atoms with E-state index < -0.39 is 0 Å². The number of hydrogen-bond donors (Lipinski definition) is 1. The van der Waals surface area contributed by atoms with Gasteiger partial charge in [0, 0.05) is 17.8 Å². The van der Waals surface area contributed by atoms with Gasteiger partial charge in [0.05, 0.1) is 0 Å². The summed E-state index contributed by atoms with van der Waals surface area (Å²) in [5.74, 6) is 1.19. The Kier molecular flexibility index (Phi) is 3.71. The lowest BCUT2D eigenvalue weighted by molar-refractivity contribution is 0.479. The van der Waals surface area contributed by atoms with Crippen LogP contribution in [0.4, 0.5) is 0 Å². The number of hydrogen-bond acceptors (Lipinski definition) is 2. The van der Waals surface area contributed by atoms with Gasteiger partial charge in [0.15, 0.2) is 0 Å². The first kappa shape index (κ1) is 11.0. The second kappa shape index (κ2) is 5.04. The summed E-state index contributed by atoms with van der Waals surface area (Å²) >= 11 is 1.91. The van der Waals surface area contributed by atoms with Crippen LogP contribution in [0.3, 0.4) is 0 Å². The van der Waals surface area contributed by atoms with Gasteiger partial charge in [0.2, 0.25) is 0 Å². The second-order valence-electron chi connectivity index (χ2n) is 4.31. The van der Waals surface area contributed by atoms with E-state index in [1.54, 1.807) is 0 Å². The molecule has 1 aliphatic carbocycles. The Morgan fingerprint density at radius 1 is 1.47 bits per heavy atom. The van der Waals surface area contributed by atoms with E-state index in [1.165, 1.54) is 29.7 Å². The highest BCUT2D eigenvalue weighted by Gasteiger charge is 2.22. The molecule has 0 saturated carbocycles. The lowest BCUT2D eigenvalue weighted by Crippen LogP contribution is -2.31. The molecular formula is C13H19NS. The molecule has 1 nitrogen and oxygen atoms in total. The minimum absolute atomic E-state index is 0.586. The van der Waals surface area contributed by atoms with Crippen molar-refractivity contribution < 1.29 is 0 Å². The van der Waals surface area contributed by atoms with Gasteiger partial charge < -0.3 is 5.32 Å². The van der Waals surface area contributed by atoms with Gasteiger partial charge in [-0.25, -0.2) is 0 Å². The van der Waals surface area contributed by atoms with E-state index >= 15 is 0 Å². The number of nitrogens with one attached hydrogen (secondary N) is 1. The van der Waals surface area contributed by atoms with Crippen molar-refractivity contribution in [3.05, 3.63) is 35.4 Å². The summed E-state index contributed by atoms with van der Waals surface area (Å²) in [6.45, 7) is 2.28. The van der Waals surface area contributed by atoms with Gasteiger partial charge in [0.25, 0.3) is 0 Å². The Balaban J connectivity index is 2.01. The van der Waals surface area contributed by atoms with Gasteiger partial charge >= 0.3 is 0 Å². The van der Waals surface area contributed by atoms with Crippen molar-refractivity contribution in [3.8, 4) is 0 Å². The van der Waals surface area contributed by atoms with Gasteiger partial charge in [-0.2, -0.15) is 11.8 Å². The number of aryl methyl sites for hydroxylation is 1. The van der Waals surface area contributed by atoms with E-state index in [0.29, 0.717) is 12.1 Å². The zero-order chi connectivity index (χ0) is 10.7. The SMILES string of the molecule is CSCC(C)NC1CCc2ccccc21. The van der Waals surface area contributed by atoms with Crippen LogP contribution in [0.25, 0.3) is 0 Å². The van der Waals surface area contributed by atoms with Crippen LogP contribution in [0.15, 0.2) is 24.3 Å². The van der Waals surface area contributed by atoms with E-state index in [2.05, 4.69) is 42.8 Å². The van der Waals surface area contributed by atoms with E-state index in [9.17, 15) is 0 Å². The standard InChI is InChI=1S/C13H19NS/c1-10(9-15-2)14-13-8-7-11-5-3-4-6-12(11)13/h3-6,10,13-14H,7-9H2,1-2H3. The monoisotopic (exact) mass is 221 g/mol. The van der Waals surface area contributed by atoms with Crippen LogP contribution in [0, 0.1) is 0 Å². The predicted octanol–water partition coefficient (Wildman–Crippen LogP) is 3.02. The van der Waals surface area contributed by atoms with Gasteiger partial charge in [-0.15, -0.1) is 0 Å². The molecule has 0 spiro atoms. The van der Waals surface area contributed by atoms with Crippen molar-refractivity contribution >= 4 is 11.8 Å². The molecule has 2 heteroatoms. The van der Waals surface area contributed by atoms with Gasteiger partial charge in [-0.05, 0) is 37.1 Å². The molecule has 0 amide bonds. The van der Waals surface area contributed by atoms with E-state index in [4.69, 9.17) is 0 Å². The zero-order valence-corrected chi connectivity index (χ0v) is 10.3. The van der Waals surface area contributed by atoms with Crippen molar-refractivity contribution in [2.24, 2.45) is 0 Å². The number of benzene rings is 1. The molecule has 1 aromatic carbocycles. The average Bonchev–Trinajstić information content (AvgIpc) is 2.62. The van der Waals surface area contributed by atoms with Gasteiger partial charge in [0.1, 0.15) is 0 Å². The average molecular weight is 221 g/mol. The highest BCUT2D eigenvalue weighted by Crippen LogP contribution is 2.31. The maximum atomic E-state index is 3.72. The van der Waals surface area contributed by atoms with Gasteiger partial charge in [-0.1, -0.05) is 24.3 Å². The lowest BCUT2D eigenvalue weighted by Gasteiger charge is -2.19. The topological polar surface area (TPSA) is 12.0 Å². The Bertz CT molecular complexity index is 324. The molecule has 1 aliphatic rings. The molecule has 15 heavy (non-hydrogen) atoms. The normalized spacial score (nSPS) is 21.3. The maximum absolute atomic E-state index is 3.72. The van der Waals surface area contributed by atoms with Gasteiger partial charge in [-0.3, -0.25) is 0 Å². The van der Waals surface area contributed by atoms with Crippen LogP contribution in [0.1, 0.15) is 30.5 Å². The third kappa shape index (κ3) is 2.56. The number of rotatable bonds is 4. The molecule has 1 N–H and O–H groups in total. The van der Waals surface area contributed by atoms with Crippen molar-refractivity contribution in [2.75, 3.05) is 12.0 Å². The first-order valence-corrected chi connectivity index (χ1v) is 7.03. The fourth-order valence-electron chi connectivity index (χ4n) is 2.37. The minimum atomic E-state index is 0.586. The Labute approximate surface area is 96.7 Å². The van der Waals surface area contributed by atoms with E-state index in [1.807, 2.05) is 11.8 Å². The molecule has 0 heterocycles. The number of fused-ring (bicyclic) bond motifs is 1. The van der Waals surface area contributed by atoms with Crippen LogP contribution in [0.5, 0.6) is 0 Å².